The van der Waals surface area contributed by atoms with Crippen molar-refractivity contribution in [2.24, 2.45) is 0 Å². The van der Waals surface area contributed by atoms with E-state index in [0.29, 0.717) is 23.0 Å². The van der Waals surface area contributed by atoms with E-state index in [1.807, 2.05) is 29.6 Å². The smallest absolute Gasteiger partial charge is 0.351 e. The van der Waals surface area contributed by atoms with Crippen molar-refractivity contribution in [2.45, 2.75) is 12.7 Å². The molecule has 3 heterocycles. The molecule has 3 aromatic rings. The molecule has 0 spiro atoms. The Balaban J connectivity index is 1.36. The molecule has 0 amide bonds. The lowest BCUT2D eigenvalue weighted by molar-refractivity contribution is -0.156. The van der Waals surface area contributed by atoms with Gasteiger partial charge >= 0.3 is 5.97 Å². The van der Waals surface area contributed by atoms with E-state index in [1.54, 1.807) is 29.5 Å². The number of aromatic nitrogens is 1. The van der Waals surface area contributed by atoms with E-state index >= 15 is 0 Å². The molecular weight excluding hydrogens is 330 g/mol. The molecule has 4 rings (SSSR count). The van der Waals surface area contributed by atoms with E-state index in [9.17, 15) is 4.79 Å². The van der Waals surface area contributed by atoms with Crippen LogP contribution in [-0.4, -0.2) is 23.8 Å². The molecule has 1 aromatic carbocycles. The van der Waals surface area contributed by atoms with Gasteiger partial charge in [0.15, 0.2) is 17.3 Å². The summed E-state index contributed by atoms with van der Waals surface area (Å²) in [7, 11) is 0. The van der Waals surface area contributed by atoms with Crippen molar-refractivity contribution in [2.75, 3.05) is 6.61 Å². The topological polar surface area (TPSA) is 70.8 Å². The molecule has 24 heavy (non-hydrogen) atoms. The Morgan fingerprint density at radius 3 is 2.96 bits per heavy atom. The molecule has 2 aromatic heterocycles. The zero-order valence-corrected chi connectivity index (χ0v) is 13.3. The quantitative estimate of drug-likeness (QED) is 0.677. The number of hydrogen-bond donors (Lipinski definition) is 0. The van der Waals surface area contributed by atoms with Crippen LogP contribution >= 0.6 is 11.3 Å². The van der Waals surface area contributed by atoms with Crippen LogP contribution in [0.5, 0.6) is 11.5 Å². The Morgan fingerprint density at radius 1 is 1.25 bits per heavy atom. The molecule has 0 fully saturated rings. The predicted octanol–water partition coefficient (Wildman–Crippen LogP) is 3.29. The molecule has 0 aliphatic carbocycles. The highest BCUT2D eigenvalue weighted by Crippen LogP contribution is 2.31. The van der Waals surface area contributed by atoms with Crippen LogP contribution in [0.3, 0.4) is 0 Å². The Labute approximate surface area is 141 Å². The van der Waals surface area contributed by atoms with Crippen molar-refractivity contribution in [1.29, 1.82) is 0 Å². The molecule has 0 N–H and O–H groups in total. The van der Waals surface area contributed by atoms with Gasteiger partial charge in [-0.3, -0.25) is 0 Å². The average Bonchev–Trinajstić information content (AvgIpc) is 3.30. The summed E-state index contributed by atoms with van der Waals surface area (Å²) >= 11 is 1.55. The van der Waals surface area contributed by atoms with Gasteiger partial charge in [0, 0.05) is 6.07 Å². The second-order valence-corrected chi connectivity index (χ2v) is 6.08. The fraction of sp³-hybridized carbons (Fsp3) is 0.176. The lowest BCUT2D eigenvalue weighted by atomic mass is 10.2. The fourth-order valence-electron chi connectivity index (χ4n) is 2.29. The minimum atomic E-state index is -0.788. The number of carbonyl (C=O) groups is 1. The molecule has 1 aliphatic rings. The molecule has 0 bridgehead atoms. The number of hydrogen-bond acceptors (Lipinski definition) is 7. The van der Waals surface area contributed by atoms with Gasteiger partial charge in [0.05, 0.1) is 4.88 Å². The van der Waals surface area contributed by atoms with Gasteiger partial charge in [0.1, 0.15) is 18.9 Å². The first-order valence-corrected chi connectivity index (χ1v) is 8.22. The Hall–Kier alpha value is -2.80. The van der Waals surface area contributed by atoms with Crippen molar-refractivity contribution >= 4 is 17.3 Å². The van der Waals surface area contributed by atoms with Gasteiger partial charge in [0.2, 0.25) is 6.10 Å². The number of thiophene rings is 1. The number of carbonyl (C=O) groups excluding carboxylic acids is 1. The number of nitrogens with zero attached hydrogens (tertiary/aromatic N) is 1. The second-order valence-electron chi connectivity index (χ2n) is 5.13. The maximum absolute atomic E-state index is 12.1. The van der Waals surface area contributed by atoms with Crippen LogP contribution in [0.1, 0.15) is 5.69 Å². The lowest BCUT2D eigenvalue weighted by Gasteiger charge is -2.24. The van der Waals surface area contributed by atoms with Gasteiger partial charge < -0.3 is 18.7 Å². The Bertz CT molecular complexity index is 842. The van der Waals surface area contributed by atoms with Crippen LogP contribution in [0.4, 0.5) is 0 Å². The first-order valence-electron chi connectivity index (χ1n) is 7.34. The molecule has 0 saturated heterocycles. The standard InChI is InChI=1S/C17H13NO5S/c19-17(15-10-20-12-4-1-2-5-13(12)22-15)21-9-11-8-14(23-18-11)16-6-3-7-24-16/h1-8,15H,9-10H2. The molecule has 1 unspecified atom stereocenters. The van der Waals surface area contributed by atoms with Crippen molar-refractivity contribution in [3.05, 3.63) is 53.5 Å². The van der Waals surface area contributed by atoms with Gasteiger partial charge in [-0.05, 0) is 23.6 Å². The van der Waals surface area contributed by atoms with Crippen LogP contribution in [0.15, 0.2) is 52.4 Å². The van der Waals surface area contributed by atoms with E-state index in [-0.39, 0.29) is 13.2 Å². The van der Waals surface area contributed by atoms with Crippen LogP contribution in [0.25, 0.3) is 10.6 Å². The van der Waals surface area contributed by atoms with Crippen LogP contribution in [0, 0.1) is 0 Å². The van der Waals surface area contributed by atoms with E-state index in [0.717, 1.165) is 4.88 Å². The molecule has 0 radical (unpaired) electrons. The number of benzene rings is 1. The Morgan fingerprint density at radius 2 is 2.12 bits per heavy atom. The van der Waals surface area contributed by atoms with Gasteiger partial charge in [-0.25, -0.2) is 4.79 Å². The van der Waals surface area contributed by atoms with Crippen LogP contribution < -0.4 is 9.47 Å². The summed E-state index contributed by atoms with van der Waals surface area (Å²) in [6.45, 7) is 0.143. The molecule has 1 aliphatic heterocycles. The predicted molar refractivity (Wildman–Crippen MR) is 86.0 cm³/mol. The van der Waals surface area contributed by atoms with Gasteiger partial charge in [-0.2, -0.15) is 0 Å². The first-order chi connectivity index (χ1) is 11.8. The van der Waals surface area contributed by atoms with Crippen molar-refractivity contribution < 1.29 is 23.5 Å². The molecule has 0 saturated carbocycles. The third-order valence-electron chi connectivity index (χ3n) is 3.46. The van der Waals surface area contributed by atoms with E-state index < -0.39 is 12.1 Å². The summed E-state index contributed by atoms with van der Waals surface area (Å²) in [6.07, 6.45) is -0.788. The summed E-state index contributed by atoms with van der Waals surface area (Å²) < 4.78 is 21.6. The highest BCUT2D eigenvalue weighted by molar-refractivity contribution is 7.13. The third-order valence-corrected chi connectivity index (χ3v) is 4.34. The average molecular weight is 343 g/mol. The summed E-state index contributed by atoms with van der Waals surface area (Å²) in [6, 6.07) is 12.8. The first kappa shape index (κ1) is 14.8. The van der Waals surface area contributed by atoms with E-state index in [2.05, 4.69) is 5.16 Å². The van der Waals surface area contributed by atoms with E-state index in [4.69, 9.17) is 18.7 Å². The monoisotopic (exact) mass is 343 g/mol. The highest BCUT2D eigenvalue weighted by Gasteiger charge is 2.28. The van der Waals surface area contributed by atoms with Crippen molar-refractivity contribution in [3.63, 3.8) is 0 Å². The minimum absolute atomic E-state index is 0.0230. The maximum atomic E-state index is 12.1. The number of para-hydroxylation sites is 2. The largest absolute Gasteiger partial charge is 0.485 e. The molecule has 7 heteroatoms. The summed E-state index contributed by atoms with van der Waals surface area (Å²) in [5.74, 6) is 1.32. The summed E-state index contributed by atoms with van der Waals surface area (Å²) in [4.78, 5) is 13.1. The lowest BCUT2D eigenvalue weighted by Crippen LogP contribution is -2.37. The zero-order valence-electron chi connectivity index (χ0n) is 12.5. The SMILES string of the molecule is O=C(OCc1cc(-c2cccs2)on1)C1COc2ccccc2O1. The number of fused-ring (bicyclic) bond motifs is 1. The normalized spacial score (nSPS) is 15.9. The summed E-state index contributed by atoms with van der Waals surface area (Å²) in [5, 5.41) is 5.86. The molecule has 1 atom stereocenters. The van der Waals surface area contributed by atoms with E-state index in [1.165, 1.54) is 0 Å². The Kier molecular flexibility index (Phi) is 3.92. The minimum Gasteiger partial charge on any atom is -0.485 e. The molecule has 122 valence electrons. The van der Waals surface area contributed by atoms with Crippen molar-refractivity contribution in [3.8, 4) is 22.1 Å². The summed E-state index contributed by atoms with van der Waals surface area (Å²) in [5.41, 5.74) is 0.545. The number of esters is 1. The van der Waals surface area contributed by atoms with Gasteiger partial charge in [0.25, 0.3) is 0 Å². The van der Waals surface area contributed by atoms with Crippen LogP contribution in [0.2, 0.25) is 0 Å². The highest BCUT2D eigenvalue weighted by atomic mass is 32.1. The third kappa shape index (κ3) is 2.98. The molecular formula is C17H13NO5S. The zero-order chi connectivity index (χ0) is 16.4. The van der Waals surface area contributed by atoms with Gasteiger partial charge in [-0.1, -0.05) is 23.4 Å². The molecule has 6 nitrogen and oxygen atoms in total. The maximum Gasteiger partial charge on any atom is 0.351 e. The number of rotatable bonds is 4. The van der Waals surface area contributed by atoms with Crippen molar-refractivity contribution in [1.82, 2.24) is 5.16 Å². The number of ether oxygens (including phenoxy) is 3. The van der Waals surface area contributed by atoms with Gasteiger partial charge in [-0.15, -0.1) is 11.3 Å². The fourth-order valence-corrected chi connectivity index (χ4v) is 2.96. The second kappa shape index (κ2) is 6.37. The van der Waals surface area contributed by atoms with Crippen LogP contribution in [-0.2, 0) is 16.1 Å².